The minimum atomic E-state index is -0.742. The smallest absolute Gasteiger partial charge is 0.260 e. The van der Waals surface area contributed by atoms with Crippen molar-refractivity contribution in [2.45, 2.75) is 13.5 Å². The van der Waals surface area contributed by atoms with E-state index in [0.717, 1.165) is 5.56 Å². The maximum absolute atomic E-state index is 12.6. The predicted octanol–water partition coefficient (Wildman–Crippen LogP) is 2.30. The molecule has 3 N–H and O–H groups in total. The Morgan fingerprint density at radius 1 is 1.33 bits per heavy atom. The number of pyridine rings is 1. The van der Waals surface area contributed by atoms with E-state index in [2.05, 4.69) is 20.3 Å². The van der Waals surface area contributed by atoms with Crippen molar-refractivity contribution in [2.75, 3.05) is 19.0 Å². The monoisotopic (exact) mass is 371 g/mol. The lowest BCUT2D eigenvalue weighted by atomic mass is 10.2. The van der Waals surface area contributed by atoms with Crippen molar-refractivity contribution < 1.29 is 18.3 Å². The number of aryl methyl sites for hydroxylation is 1. The molecule has 0 saturated heterocycles. The Bertz CT molecular complexity index is 931. The minimum absolute atomic E-state index is 0.0626. The molecule has 3 heterocycles. The first kappa shape index (κ1) is 18.3. The lowest BCUT2D eigenvalue weighted by Gasteiger charge is -2.13. The first-order chi connectivity index (χ1) is 13.1. The first-order valence-corrected chi connectivity index (χ1v) is 8.19. The number of carbonyl (C=O) groups excluding carboxylic acids is 1. The largest absolute Gasteiger partial charge is 0.474 e. The average molecular weight is 371 g/mol. The second-order valence-electron chi connectivity index (χ2n) is 5.58. The van der Waals surface area contributed by atoms with Crippen molar-refractivity contribution in [1.29, 1.82) is 0 Å². The highest BCUT2D eigenvalue weighted by molar-refractivity contribution is 6.00. The molecule has 3 aromatic rings. The number of amides is 1. The maximum Gasteiger partial charge on any atom is 0.260 e. The van der Waals surface area contributed by atoms with Crippen molar-refractivity contribution in [1.82, 2.24) is 20.3 Å². The lowest BCUT2D eigenvalue weighted by Crippen LogP contribution is -2.26. The van der Waals surface area contributed by atoms with Gasteiger partial charge < -0.3 is 20.2 Å². The maximum atomic E-state index is 12.6. The van der Waals surface area contributed by atoms with Gasteiger partial charge >= 0.3 is 0 Å². The predicted molar refractivity (Wildman–Crippen MR) is 95.8 cm³/mol. The highest BCUT2D eigenvalue weighted by Crippen LogP contribution is 2.26. The van der Waals surface area contributed by atoms with Gasteiger partial charge in [0.2, 0.25) is 11.7 Å². The number of hydrogen-bond donors (Lipinski definition) is 2. The Labute approximate surface area is 154 Å². The topological polar surface area (TPSA) is 116 Å². The average Bonchev–Trinajstić information content (AvgIpc) is 3.20. The van der Waals surface area contributed by atoms with E-state index in [1.54, 1.807) is 18.3 Å². The third kappa shape index (κ3) is 4.20. The summed E-state index contributed by atoms with van der Waals surface area (Å²) in [5.41, 5.74) is 7.54. The van der Waals surface area contributed by atoms with E-state index in [0.29, 0.717) is 11.5 Å². The zero-order chi connectivity index (χ0) is 19.2. The molecular formula is C18H18FN5O3. The third-order valence-corrected chi connectivity index (χ3v) is 3.72. The standard InChI is InChI=1S/C18H18FN5O3/c1-11-4-2-7-21-12(11)10-22-17(25)14-15(20)23-16(13-5-3-8-26-13)24-18(14)27-9-6-19/h2-5,7-8H,6,9-10H2,1H3,(H,22,25)(H2,20,23,24). The Hall–Kier alpha value is -3.49. The van der Waals surface area contributed by atoms with Gasteiger partial charge in [0.05, 0.1) is 18.5 Å². The molecule has 3 aromatic heterocycles. The van der Waals surface area contributed by atoms with Crippen LogP contribution < -0.4 is 15.8 Å². The molecule has 27 heavy (non-hydrogen) atoms. The molecular weight excluding hydrogens is 353 g/mol. The number of nitrogen functional groups attached to an aromatic ring is 1. The Kier molecular flexibility index (Phi) is 5.60. The van der Waals surface area contributed by atoms with Crippen molar-refractivity contribution in [3.05, 3.63) is 53.5 Å². The fourth-order valence-corrected chi connectivity index (χ4v) is 2.38. The van der Waals surface area contributed by atoms with Crippen LogP contribution in [0.5, 0.6) is 5.88 Å². The SMILES string of the molecule is Cc1cccnc1CNC(=O)c1c(N)nc(-c2ccco2)nc1OCCF. The Morgan fingerprint density at radius 2 is 2.19 bits per heavy atom. The van der Waals surface area contributed by atoms with Crippen molar-refractivity contribution in [3.63, 3.8) is 0 Å². The van der Waals surface area contributed by atoms with Crippen LogP contribution in [0.3, 0.4) is 0 Å². The molecule has 0 radical (unpaired) electrons. The van der Waals surface area contributed by atoms with E-state index in [1.807, 2.05) is 19.1 Å². The number of ether oxygens (including phenoxy) is 1. The third-order valence-electron chi connectivity index (χ3n) is 3.72. The molecule has 8 nitrogen and oxygen atoms in total. The van der Waals surface area contributed by atoms with Gasteiger partial charge in [0.15, 0.2) is 5.76 Å². The van der Waals surface area contributed by atoms with Crippen LogP contribution in [-0.2, 0) is 6.54 Å². The van der Waals surface area contributed by atoms with E-state index < -0.39 is 12.6 Å². The number of furan rings is 1. The number of nitrogens with one attached hydrogen (secondary N) is 1. The minimum Gasteiger partial charge on any atom is -0.474 e. The molecule has 0 aliphatic rings. The quantitative estimate of drug-likeness (QED) is 0.654. The van der Waals surface area contributed by atoms with E-state index in [9.17, 15) is 9.18 Å². The van der Waals surface area contributed by atoms with E-state index in [4.69, 9.17) is 14.9 Å². The summed E-state index contributed by atoms with van der Waals surface area (Å²) in [5, 5.41) is 2.71. The first-order valence-electron chi connectivity index (χ1n) is 8.19. The fraction of sp³-hybridized carbons (Fsp3) is 0.222. The van der Waals surface area contributed by atoms with Gasteiger partial charge in [-0.1, -0.05) is 6.07 Å². The fourth-order valence-electron chi connectivity index (χ4n) is 2.38. The van der Waals surface area contributed by atoms with Crippen LogP contribution in [0, 0.1) is 6.92 Å². The molecule has 0 unspecified atom stereocenters. The van der Waals surface area contributed by atoms with Crippen molar-refractivity contribution >= 4 is 11.7 Å². The summed E-state index contributed by atoms with van der Waals surface area (Å²) in [6.45, 7) is 1.06. The van der Waals surface area contributed by atoms with Crippen LogP contribution in [0.25, 0.3) is 11.6 Å². The van der Waals surface area contributed by atoms with Gasteiger partial charge in [-0.3, -0.25) is 9.78 Å². The number of hydrogen-bond acceptors (Lipinski definition) is 7. The number of nitrogens with zero attached hydrogens (tertiary/aromatic N) is 3. The van der Waals surface area contributed by atoms with Crippen LogP contribution in [-0.4, -0.2) is 34.1 Å². The van der Waals surface area contributed by atoms with Crippen LogP contribution in [0.1, 0.15) is 21.6 Å². The second kappa shape index (κ2) is 8.26. The van der Waals surface area contributed by atoms with Crippen LogP contribution in [0.4, 0.5) is 10.2 Å². The molecule has 0 bridgehead atoms. The summed E-state index contributed by atoms with van der Waals surface area (Å²) in [7, 11) is 0. The van der Waals surface area contributed by atoms with Crippen molar-refractivity contribution in [3.8, 4) is 17.5 Å². The number of halogens is 1. The molecule has 0 spiro atoms. The highest BCUT2D eigenvalue weighted by atomic mass is 19.1. The normalized spacial score (nSPS) is 10.6. The highest BCUT2D eigenvalue weighted by Gasteiger charge is 2.22. The molecule has 140 valence electrons. The van der Waals surface area contributed by atoms with E-state index >= 15 is 0 Å². The zero-order valence-corrected chi connectivity index (χ0v) is 14.6. The van der Waals surface area contributed by atoms with Gasteiger partial charge in [0.1, 0.15) is 24.7 Å². The molecule has 0 fully saturated rings. The lowest BCUT2D eigenvalue weighted by molar-refractivity contribution is 0.0945. The second-order valence-corrected chi connectivity index (χ2v) is 5.58. The van der Waals surface area contributed by atoms with Crippen LogP contribution in [0.2, 0.25) is 0 Å². The van der Waals surface area contributed by atoms with Gasteiger partial charge in [-0.15, -0.1) is 0 Å². The van der Waals surface area contributed by atoms with Gasteiger partial charge in [-0.25, -0.2) is 9.37 Å². The number of carbonyl (C=O) groups is 1. The van der Waals surface area contributed by atoms with Crippen LogP contribution >= 0.6 is 0 Å². The molecule has 0 saturated carbocycles. The van der Waals surface area contributed by atoms with E-state index in [1.165, 1.54) is 6.26 Å². The van der Waals surface area contributed by atoms with Gasteiger partial charge in [0, 0.05) is 6.20 Å². The number of anilines is 1. The Morgan fingerprint density at radius 3 is 2.89 bits per heavy atom. The molecule has 0 aliphatic carbocycles. The van der Waals surface area contributed by atoms with Crippen LogP contribution in [0.15, 0.2) is 41.1 Å². The molecule has 0 atom stereocenters. The number of rotatable bonds is 7. The summed E-state index contributed by atoms with van der Waals surface area (Å²) in [4.78, 5) is 25.1. The van der Waals surface area contributed by atoms with E-state index in [-0.39, 0.29) is 36.2 Å². The summed E-state index contributed by atoms with van der Waals surface area (Å²) >= 11 is 0. The number of alkyl halides is 1. The summed E-state index contributed by atoms with van der Waals surface area (Å²) in [5.74, 6) is -0.258. The zero-order valence-electron chi connectivity index (χ0n) is 14.6. The summed E-state index contributed by atoms with van der Waals surface area (Å²) < 4.78 is 23.1. The molecule has 3 rings (SSSR count). The number of nitrogens with two attached hydrogens (primary N) is 1. The molecule has 0 aromatic carbocycles. The van der Waals surface area contributed by atoms with Crippen molar-refractivity contribution in [2.24, 2.45) is 0 Å². The number of aromatic nitrogens is 3. The summed E-state index contributed by atoms with van der Waals surface area (Å²) in [6.07, 6.45) is 3.09. The molecule has 1 amide bonds. The summed E-state index contributed by atoms with van der Waals surface area (Å²) in [6, 6.07) is 6.99. The van der Waals surface area contributed by atoms with Gasteiger partial charge in [-0.2, -0.15) is 4.98 Å². The Balaban J connectivity index is 1.88. The molecule has 9 heteroatoms. The molecule has 0 aliphatic heterocycles. The van der Waals surface area contributed by atoms with Gasteiger partial charge in [-0.05, 0) is 30.7 Å². The van der Waals surface area contributed by atoms with Gasteiger partial charge in [0.25, 0.3) is 5.91 Å².